The van der Waals surface area contributed by atoms with Gasteiger partial charge in [-0.2, -0.15) is 0 Å². The summed E-state index contributed by atoms with van der Waals surface area (Å²) in [4.78, 5) is 0. The number of benzene rings is 1. The Bertz CT molecular complexity index is 578. The summed E-state index contributed by atoms with van der Waals surface area (Å²) in [6.07, 6.45) is 8.70. The van der Waals surface area contributed by atoms with Crippen molar-refractivity contribution in [1.82, 2.24) is 0 Å². The Morgan fingerprint density at radius 3 is 2.19 bits per heavy atom. The molecule has 0 nitrogen and oxygen atoms in total. The van der Waals surface area contributed by atoms with Gasteiger partial charge in [-0.3, -0.25) is 0 Å². The van der Waals surface area contributed by atoms with Crippen molar-refractivity contribution >= 4 is 0 Å². The fourth-order valence-electron chi connectivity index (χ4n) is 3.89. The maximum Gasteiger partial charge on any atom is -0.00695 e. The van der Waals surface area contributed by atoms with Gasteiger partial charge in [-0.25, -0.2) is 0 Å². The van der Waals surface area contributed by atoms with Crippen LogP contribution in [0.15, 0.2) is 42.5 Å². The third kappa shape index (κ3) is 8.39. The molecule has 1 aromatic carbocycles. The summed E-state index contributed by atoms with van der Waals surface area (Å²) >= 11 is 0. The van der Waals surface area contributed by atoms with Gasteiger partial charge in [0.05, 0.1) is 0 Å². The van der Waals surface area contributed by atoms with E-state index in [-0.39, 0.29) is 0 Å². The molecule has 0 heterocycles. The SMILES string of the molecule is C=C(Cc1ccc(C)c(C)c1)CC(CC(C)CCC(C)CCC)C(=C)C. The average Bonchev–Trinajstić information content (AvgIpc) is 2.56. The molecule has 0 aliphatic heterocycles. The van der Waals surface area contributed by atoms with Gasteiger partial charge < -0.3 is 0 Å². The summed E-state index contributed by atoms with van der Waals surface area (Å²) in [7, 11) is 0. The fourth-order valence-corrected chi connectivity index (χ4v) is 3.89. The van der Waals surface area contributed by atoms with E-state index in [1.54, 1.807) is 0 Å². The van der Waals surface area contributed by atoms with E-state index in [2.05, 4.69) is 72.9 Å². The summed E-state index contributed by atoms with van der Waals surface area (Å²) in [5.74, 6) is 2.21. The van der Waals surface area contributed by atoms with Crippen LogP contribution in [-0.2, 0) is 6.42 Å². The molecule has 3 atom stereocenters. The monoisotopic (exact) mass is 354 g/mol. The van der Waals surface area contributed by atoms with Crippen LogP contribution in [0.3, 0.4) is 0 Å². The topological polar surface area (TPSA) is 0 Å². The molecule has 0 spiro atoms. The Labute approximate surface area is 163 Å². The summed E-state index contributed by atoms with van der Waals surface area (Å²) in [6.45, 7) is 22.3. The zero-order valence-electron chi connectivity index (χ0n) is 18.3. The van der Waals surface area contributed by atoms with Crippen LogP contribution in [0.25, 0.3) is 0 Å². The molecule has 0 aliphatic carbocycles. The number of hydrogen-bond donors (Lipinski definition) is 0. The minimum atomic E-state index is 0.575. The van der Waals surface area contributed by atoms with E-state index in [9.17, 15) is 0 Å². The van der Waals surface area contributed by atoms with Crippen molar-refractivity contribution in [2.45, 2.75) is 86.5 Å². The smallest absolute Gasteiger partial charge is 0.00695 e. The molecule has 0 heteroatoms. The number of hydrogen-bond acceptors (Lipinski definition) is 0. The van der Waals surface area contributed by atoms with Crippen molar-refractivity contribution in [3.8, 4) is 0 Å². The van der Waals surface area contributed by atoms with Gasteiger partial charge in [0.15, 0.2) is 0 Å². The molecule has 0 aromatic heterocycles. The second-order valence-electron chi connectivity index (χ2n) is 8.90. The van der Waals surface area contributed by atoms with Gasteiger partial charge in [-0.05, 0) is 74.5 Å². The highest BCUT2D eigenvalue weighted by atomic mass is 14.2. The predicted molar refractivity (Wildman–Crippen MR) is 119 cm³/mol. The van der Waals surface area contributed by atoms with Gasteiger partial charge >= 0.3 is 0 Å². The number of allylic oxidation sites excluding steroid dienone is 2. The first-order valence-corrected chi connectivity index (χ1v) is 10.6. The summed E-state index contributed by atoms with van der Waals surface area (Å²) in [5.41, 5.74) is 6.79. The second-order valence-corrected chi connectivity index (χ2v) is 8.90. The van der Waals surface area contributed by atoms with Gasteiger partial charge in [0.1, 0.15) is 0 Å². The Hall–Kier alpha value is -1.30. The van der Waals surface area contributed by atoms with Crippen molar-refractivity contribution in [2.24, 2.45) is 17.8 Å². The fraction of sp³-hybridized carbons (Fsp3) is 0.615. The second kappa shape index (κ2) is 11.4. The molecule has 0 radical (unpaired) electrons. The van der Waals surface area contributed by atoms with Crippen LogP contribution >= 0.6 is 0 Å². The lowest BCUT2D eigenvalue weighted by molar-refractivity contribution is 0.358. The predicted octanol–water partition coefficient (Wildman–Crippen LogP) is 8.23. The van der Waals surface area contributed by atoms with Crippen LogP contribution in [0.2, 0.25) is 0 Å². The zero-order chi connectivity index (χ0) is 19.7. The Morgan fingerprint density at radius 1 is 0.962 bits per heavy atom. The quantitative estimate of drug-likeness (QED) is 0.332. The van der Waals surface area contributed by atoms with E-state index in [1.807, 2.05) is 0 Å². The highest BCUT2D eigenvalue weighted by molar-refractivity contribution is 5.32. The van der Waals surface area contributed by atoms with E-state index in [4.69, 9.17) is 0 Å². The van der Waals surface area contributed by atoms with Gasteiger partial charge in [0.2, 0.25) is 0 Å². The maximum absolute atomic E-state index is 4.39. The van der Waals surface area contributed by atoms with Crippen LogP contribution < -0.4 is 0 Å². The van der Waals surface area contributed by atoms with Gasteiger partial charge in [-0.15, -0.1) is 0 Å². The largest absolute Gasteiger partial charge is 0.0998 e. The average molecular weight is 355 g/mol. The molecule has 0 aliphatic rings. The molecule has 146 valence electrons. The molecule has 0 amide bonds. The Balaban J connectivity index is 2.54. The third-order valence-corrected chi connectivity index (χ3v) is 5.88. The minimum Gasteiger partial charge on any atom is -0.0998 e. The molecule has 0 saturated carbocycles. The third-order valence-electron chi connectivity index (χ3n) is 5.88. The minimum absolute atomic E-state index is 0.575. The van der Waals surface area contributed by atoms with Crippen LogP contribution in [-0.4, -0.2) is 0 Å². The molecule has 1 rings (SSSR count). The van der Waals surface area contributed by atoms with Crippen molar-refractivity contribution < 1.29 is 0 Å². The van der Waals surface area contributed by atoms with Crippen molar-refractivity contribution in [2.75, 3.05) is 0 Å². The lowest BCUT2D eigenvalue weighted by Gasteiger charge is -2.23. The van der Waals surface area contributed by atoms with Gasteiger partial charge in [-0.1, -0.05) is 89.0 Å². The number of rotatable bonds is 12. The van der Waals surface area contributed by atoms with Crippen molar-refractivity contribution in [3.05, 3.63) is 59.2 Å². The van der Waals surface area contributed by atoms with Crippen LogP contribution in [0.1, 0.15) is 82.9 Å². The number of aryl methyl sites for hydroxylation is 2. The Morgan fingerprint density at radius 2 is 1.62 bits per heavy atom. The molecular weight excluding hydrogens is 312 g/mol. The molecular formula is C26H42. The van der Waals surface area contributed by atoms with Gasteiger partial charge in [0.25, 0.3) is 0 Å². The highest BCUT2D eigenvalue weighted by Gasteiger charge is 2.16. The van der Waals surface area contributed by atoms with E-state index < -0.39 is 0 Å². The van der Waals surface area contributed by atoms with E-state index in [1.165, 1.54) is 59.9 Å². The molecule has 0 N–H and O–H groups in total. The van der Waals surface area contributed by atoms with Gasteiger partial charge in [0, 0.05) is 0 Å². The normalized spacial score (nSPS) is 14.7. The standard InChI is InChI=1S/C26H42/c1-9-10-20(4)11-12-21(5)16-26(19(2)3)17-22(6)15-25-14-13-23(7)24(8)18-25/h13-14,18,20-21,26H,2,6,9-12,15-17H2,1,3-5,7-8H3. The molecule has 3 unspecified atom stereocenters. The summed E-state index contributed by atoms with van der Waals surface area (Å²) in [5, 5.41) is 0. The summed E-state index contributed by atoms with van der Waals surface area (Å²) < 4.78 is 0. The van der Waals surface area contributed by atoms with E-state index in [0.717, 1.165) is 24.7 Å². The van der Waals surface area contributed by atoms with E-state index in [0.29, 0.717) is 5.92 Å². The maximum atomic E-state index is 4.39. The highest BCUT2D eigenvalue weighted by Crippen LogP contribution is 2.30. The lowest BCUT2D eigenvalue weighted by atomic mass is 9.82. The molecule has 0 saturated heterocycles. The molecule has 0 bridgehead atoms. The van der Waals surface area contributed by atoms with E-state index >= 15 is 0 Å². The zero-order valence-corrected chi connectivity index (χ0v) is 18.3. The molecule has 26 heavy (non-hydrogen) atoms. The first kappa shape index (κ1) is 22.7. The first-order chi connectivity index (χ1) is 12.2. The summed E-state index contributed by atoms with van der Waals surface area (Å²) in [6, 6.07) is 6.79. The molecule has 1 aromatic rings. The Kier molecular flexibility index (Phi) is 9.99. The van der Waals surface area contributed by atoms with Crippen molar-refractivity contribution in [3.63, 3.8) is 0 Å². The van der Waals surface area contributed by atoms with Crippen LogP contribution in [0, 0.1) is 31.6 Å². The lowest BCUT2D eigenvalue weighted by Crippen LogP contribution is -2.10. The first-order valence-electron chi connectivity index (χ1n) is 10.6. The molecule has 0 fully saturated rings. The van der Waals surface area contributed by atoms with Crippen LogP contribution in [0.4, 0.5) is 0 Å². The van der Waals surface area contributed by atoms with Crippen molar-refractivity contribution in [1.29, 1.82) is 0 Å². The van der Waals surface area contributed by atoms with Crippen LogP contribution in [0.5, 0.6) is 0 Å².